The molecule has 0 aliphatic heterocycles. The minimum absolute atomic E-state index is 0.0392. The smallest absolute Gasteiger partial charge is 0.241 e. The molecule has 3 nitrogen and oxygen atoms in total. The molecule has 0 bridgehead atoms. The summed E-state index contributed by atoms with van der Waals surface area (Å²) >= 11 is 12.2. The Labute approximate surface area is 159 Å². The van der Waals surface area contributed by atoms with Crippen LogP contribution >= 0.6 is 23.2 Å². The number of nitrogens with one attached hydrogen (secondary N) is 1. The van der Waals surface area contributed by atoms with Gasteiger partial charge in [-0.1, -0.05) is 47.0 Å². The van der Waals surface area contributed by atoms with Gasteiger partial charge in [-0.3, -0.25) is 9.69 Å². The number of benzene rings is 2. The molecule has 0 spiro atoms. The molecular weight excluding hydrogens is 355 g/mol. The molecule has 0 radical (unpaired) electrons. The summed E-state index contributed by atoms with van der Waals surface area (Å²) in [5.41, 5.74) is 5.16. The lowest BCUT2D eigenvalue weighted by molar-refractivity contribution is -0.120. The van der Waals surface area contributed by atoms with Crippen LogP contribution in [0, 0.1) is 20.8 Å². The van der Waals surface area contributed by atoms with Crippen molar-refractivity contribution in [3.63, 3.8) is 0 Å². The van der Waals surface area contributed by atoms with Crippen molar-refractivity contribution in [2.24, 2.45) is 0 Å². The Balaban J connectivity index is 2.09. The van der Waals surface area contributed by atoms with Crippen LogP contribution in [0.2, 0.25) is 10.0 Å². The van der Waals surface area contributed by atoms with Gasteiger partial charge in [0, 0.05) is 22.3 Å². The highest BCUT2D eigenvalue weighted by molar-refractivity contribution is 6.35. The fourth-order valence-electron chi connectivity index (χ4n) is 2.86. The number of carbonyl (C=O) groups excluding carboxylic acids is 1. The van der Waals surface area contributed by atoms with Gasteiger partial charge in [0.1, 0.15) is 0 Å². The second-order valence-corrected chi connectivity index (χ2v) is 7.43. The molecule has 2 aromatic rings. The van der Waals surface area contributed by atoms with Gasteiger partial charge in [0.2, 0.25) is 5.91 Å². The largest absolute Gasteiger partial charge is 0.324 e. The zero-order valence-electron chi connectivity index (χ0n) is 15.3. The molecule has 0 fully saturated rings. The molecule has 0 aliphatic rings. The molecule has 2 rings (SSSR count). The van der Waals surface area contributed by atoms with E-state index in [2.05, 4.69) is 24.4 Å². The van der Waals surface area contributed by atoms with Crippen LogP contribution in [0.5, 0.6) is 0 Å². The van der Waals surface area contributed by atoms with Gasteiger partial charge in [0.05, 0.1) is 6.04 Å². The Morgan fingerprint density at radius 1 is 1.12 bits per heavy atom. The van der Waals surface area contributed by atoms with Crippen molar-refractivity contribution in [2.75, 3.05) is 12.4 Å². The molecule has 0 saturated carbocycles. The van der Waals surface area contributed by atoms with Crippen LogP contribution in [0.3, 0.4) is 0 Å². The van der Waals surface area contributed by atoms with E-state index < -0.39 is 0 Å². The highest BCUT2D eigenvalue weighted by Crippen LogP contribution is 2.24. The minimum Gasteiger partial charge on any atom is -0.324 e. The van der Waals surface area contributed by atoms with Crippen molar-refractivity contribution >= 4 is 34.8 Å². The van der Waals surface area contributed by atoms with Crippen LogP contribution < -0.4 is 5.32 Å². The van der Waals surface area contributed by atoms with Crippen molar-refractivity contribution in [2.45, 2.75) is 40.3 Å². The Bertz CT molecular complexity index is 766. The summed E-state index contributed by atoms with van der Waals surface area (Å²) in [6.45, 7) is 8.53. The molecule has 0 aromatic heterocycles. The molecule has 0 saturated heterocycles. The summed E-state index contributed by atoms with van der Waals surface area (Å²) in [5.74, 6) is -0.0392. The van der Waals surface area contributed by atoms with Gasteiger partial charge in [-0.25, -0.2) is 0 Å². The molecule has 25 heavy (non-hydrogen) atoms. The lowest BCUT2D eigenvalue weighted by Gasteiger charge is -2.25. The zero-order chi connectivity index (χ0) is 18.7. The number of anilines is 1. The van der Waals surface area contributed by atoms with Gasteiger partial charge in [-0.05, 0) is 63.6 Å². The van der Waals surface area contributed by atoms with E-state index >= 15 is 0 Å². The van der Waals surface area contributed by atoms with Crippen LogP contribution in [0.1, 0.15) is 29.2 Å². The maximum atomic E-state index is 12.7. The number of carbonyl (C=O) groups is 1. The Morgan fingerprint density at radius 2 is 1.72 bits per heavy atom. The fourth-order valence-corrected chi connectivity index (χ4v) is 3.33. The highest BCUT2D eigenvalue weighted by Gasteiger charge is 2.20. The Hall–Kier alpha value is -1.55. The van der Waals surface area contributed by atoms with Crippen LogP contribution in [0.15, 0.2) is 30.3 Å². The minimum atomic E-state index is -0.299. The maximum Gasteiger partial charge on any atom is 0.241 e. The molecule has 1 atom stereocenters. The van der Waals surface area contributed by atoms with E-state index in [4.69, 9.17) is 23.2 Å². The first-order valence-corrected chi connectivity index (χ1v) is 8.97. The van der Waals surface area contributed by atoms with Crippen molar-refractivity contribution in [1.29, 1.82) is 0 Å². The zero-order valence-corrected chi connectivity index (χ0v) is 16.8. The molecule has 1 amide bonds. The molecule has 1 N–H and O–H groups in total. The molecule has 0 aliphatic carbocycles. The number of hydrogen-bond acceptors (Lipinski definition) is 2. The van der Waals surface area contributed by atoms with Crippen molar-refractivity contribution in [3.05, 3.63) is 62.6 Å². The number of hydrogen-bond donors (Lipinski definition) is 1. The standard InChI is InChI=1S/C20H24Cl2N2O/c1-12-8-13(2)19(14(3)9-12)23-20(25)15(4)24(5)11-16-6-7-17(21)10-18(16)22/h6-10,15H,11H2,1-5H3,(H,23,25)/t15-/m1/s1. The van der Waals surface area contributed by atoms with Crippen molar-refractivity contribution in [3.8, 4) is 0 Å². The topological polar surface area (TPSA) is 32.3 Å². The lowest BCUT2D eigenvalue weighted by atomic mass is 10.0. The summed E-state index contributed by atoms with van der Waals surface area (Å²) < 4.78 is 0. The Kier molecular flexibility index (Phi) is 6.50. The van der Waals surface area contributed by atoms with E-state index in [1.54, 1.807) is 12.1 Å². The number of likely N-dealkylation sites (N-methyl/N-ethyl adjacent to an activating group) is 1. The summed E-state index contributed by atoms with van der Waals surface area (Å²) in [7, 11) is 1.91. The molecule has 5 heteroatoms. The number of amides is 1. The number of aryl methyl sites for hydroxylation is 3. The van der Waals surface area contributed by atoms with Gasteiger partial charge in [-0.2, -0.15) is 0 Å². The van der Waals surface area contributed by atoms with Crippen LogP contribution in [-0.4, -0.2) is 23.9 Å². The SMILES string of the molecule is Cc1cc(C)c(NC(=O)[C@@H](C)N(C)Cc2ccc(Cl)cc2Cl)c(C)c1. The fraction of sp³-hybridized carbons (Fsp3) is 0.350. The normalized spacial score (nSPS) is 12.3. The van der Waals surface area contributed by atoms with Gasteiger partial charge in [0.25, 0.3) is 0 Å². The van der Waals surface area contributed by atoms with Crippen LogP contribution in [0.4, 0.5) is 5.69 Å². The maximum absolute atomic E-state index is 12.7. The van der Waals surface area contributed by atoms with Crippen molar-refractivity contribution < 1.29 is 4.79 Å². The van der Waals surface area contributed by atoms with Crippen LogP contribution in [0.25, 0.3) is 0 Å². The summed E-state index contributed by atoms with van der Waals surface area (Å²) in [6, 6.07) is 9.26. The third-order valence-corrected chi connectivity index (χ3v) is 4.99. The predicted molar refractivity (Wildman–Crippen MR) is 107 cm³/mol. The first kappa shape index (κ1) is 19.8. The van der Waals surface area contributed by atoms with E-state index in [1.165, 1.54) is 5.56 Å². The van der Waals surface area contributed by atoms with Gasteiger partial charge in [-0.15, -0.1) is 0 Å². The molecule has 0 heterocycles. The summed E-state index contributed by atoms with van der Waals surface area (Å²) in [4.78, 5) is 14.6. The van der Waals surface area contributed by atoms with E-state index in [-0.39, 0.29) is 11.9 Å². The first-order chi connectivity index (χ1) is 11.7. The average Bonchev–Trinajstić information content (AvgIpc) is 2.52. The number of nitrogens with zero attached hydrogens (tertiary/aromatic N) is 1. The monoisotopic (exact) mass is 378 g/mol. The quantitative estimate of drug-likeness (QED) is 0.757. The highest BCUT2D eigenvalue weighted by atomic mass is 35.5. The number of halogens is 2. The molecule has 2 aromatic carbocycles. The lowest BCUT2D eigenvalue weighted by Crippen LogP contribution is -2.39. The molecular formula is C20H24Cl2N2O. The molecule has 134 valence electrons. The Morgan fingerprint density at radius 3 is 2.28 bits per heavy atom. The second kappa shape index (κ2) is 8.22. The average molecular weight is 379 g/mol. The third kappa shape index (κ3) is 4.97. The van der Waals surface area contributed by atoms with Crippen LogP contribution in [-0.2, 0) is 11.3 Å². The van der Waals surface area contributed by atoms with E-state index in [0.29, 0.717) is 16.6 Å². The van der Waals surface area contributed by atoms with E-state index in [9.17, 15) is 4.79 Å². The van der Waals surface area contributed by atoms with E-state index in [1.807, 2.05) is 38.8 Å². The first-order valence-electron chi connectivity index (χ1n) is 8.22. The third-order valence-electron chi connectivity index (χ3n) is 4.40. The predicted octanol–water partition coefficient (Wildman–Crippen LogP) is 5.38. The van der Waals surface area contributed by atoms with Gasteiger partial charge >= 0.3 is 0 Å². The van der Waals surface area contributed by atoms with Crippen molar-refractivity contribution in [1.82, 2.24) is 4.90 Å². The summed E-state index contributed by atoms with van der Waals surface area (Å²) in [6.07, 6.45) is 0. The summed E-state index contributed by atoms with van der Waals surface area (Å²) in [5, 5.41) is 4.27. The number of rotatable bonds is 5. The van der Waals surface area contributed by atoms with E-state index in [0.717, 1.165) is 22.4 Å². The van der Waals surface area contributed by atoms with Gasteiger partial charge in [0.15, 0.2) is 0 Å². The second-order valence-electron chi connectivity index (χ2n) is 6.59. The van der Waals surface area contributed by atoms with Gasteiger partial charge < -0.3 is 5.32 Å². The molecule has 0 unspecified atom stereocenters.